The summed E-state index contributed by atoms with van der Waals surface area (Å²) in [6, 6.07) is 14.0. The highest BCUT2D eigenvalue weighted by Gasteiger charge is 2.24. The Bertz CT molecular complexity index is 1230. The zero-order valence-electron chi connectivity index (χ0n) is 25.8. The molecule has 0 radical (unpaired) electrons. The fourth-order valence-corrected chi connectivity index (χ4v) is 5.07. The van der Waals surface area contributed by atoms with Gasteiger partial charge in [0.15, 0.2) is 5.75 Å². The summed E-state index contributed by atoms with van der Waals surface area (Å²) < 4.78 is 23.7. The molecule has 6 heteroatoms. The normalized spacial score (nSPS) is 11.1. The topological polar surface area (TPSA) is 75.0 Å². The summed E-state index contributed by atoms with van der Waals surface area (Å²) >= 11 is 0. The van der Waals surface area contributed by atoms with E-state index in [1.54, 1.807) is 36.4 Å². The average molecular weight is 579 g/mol. The second kappa shape index (κ2) is 19.8. The van der Waals surface area contributed by atoms with Crippen LogP contribution in [0.4, 0.5) is 0 Å². The van der Waals surface area contributed by atoms with E-state index in [0.29, 0.717) is 35.5 Å². The van der Waals surface area contributed by atoms with Crippen molar-refractivity contribution in [2.24, 2.45) is 0 Å². The Balaban J connectivity index is 1.72. The number of benzene rings is 2. The van der Waals surface area contributed by atoms with E-state index in [-0.39, 0.29) is 11.5 Å². The van der Waals surface area contributed by atoms with Gasteiger partial charge in [-0.3, -0.25) is 0 Å². The van der Waals surface area contributed by atoms with E-state index in [1.165, 1.54) is 70.6 Å². The molecule has 42 heavy (non-hydrogen) atoms. The van der Waals surface area contributed by atoms with Crippen molar-refractivity contribution in [2.45, 2.75) is 117 Å². The highest BCUT2D eigenvalue weighted by atomic mass is 16.6. The van der Waals surface area contributed by atoms with Crippen molar-refractivity contribution in [2.75, 3.05) is 13.2 Å². The molecule has 3 aromatic rings. The molecule has 0 aliphatic heterocycles. The first-order valence-corrected chi connectivity index (χ1v) is 16.3. The van der Waals surface area contributed by atoms with Crippen molar-refractivity contribution in [3.63, 3.8) is 0 Å². The molecule has 0 spiro atoms. The monoisotopic (exact) mass is 578 g/mol. The lowest BCUT2D eigenvalue weighted by Crippen LogP contribution is -2.15. The molecule has 1 aromatic heterocycles. The largest absolute Gasteiger partial charge is 0.493 e. The molecule has 0 atom stereocenters. The van der Waals surface area contributed by atoms with Crippen LogP contribution in [0.3, 0.4) is 0 Å². The third kappa shape index (κ3) is 11.2. The van der Waals surface area contributed by atoms with Crippen molar-refractivity contribution in [1.82, 2.24) is 0 Å². The van der Waals surface area contributed by atoms with Crippen LogP contribution in [-0.2, 0) is 0 Å². The summed E-state index contributed by atoms with van der Waals surface area (Å²) in [4.78, 5) is 26.2. The Morgan fingerprint density at radius 1 is 0.619 bits per heavy atom. The SMILES string of the molecule is CCCCCCCCCCOc1c(OC(=O)c2ccccc2)c2c(OCCCCCCCCCC)cccc2oc1=O. The first kappa shape index (κ1) is 33.2. The predicted molar refractivity (Wildman–Crippen MR) is 170 cm³/mol. The van der Waals surface area contributed by atoms with E-state index in [0.717, 1.165) is 32.1 Å². The number of carbonyl (C=O) groups is 1. The van der Waals surface area contributed by atoms with Gasteiger partial charge in [0, 0.05) is 0 Å². The Morgan fingerprint density at radius 3 is 1.76 bits per heavy atom. The van der Waals surface area contributed by atoms with Crippen LogP contribution >= 0.6 is 0 Å². The van der Waals surface area contributed by atoms with E-state index < -0.39 is 11.6 Å². The van der Waals surface area contributed by atoms with E-state index in [2.05, 4.69) is 13.8 Å². The van der Waals surface area contributed by atoms with Crippen molar-refractivity contribution in [3.05, 3.63) is 64.5 Å². The van der Waals surface area contributed by atoms with Crippen molar-refractivity contribution >= 4 is 16.9 Å². The molecule has 3 rings (SSSR count). The van der Waals surface area contributed by atoms with Gasteiger partial charge in [-0.15, -0.1) is 0 Å². The van der Waals surface area contributed by atoms with Crippen LogP contribution in [0.5, 0.6) is 17.2 Å². The maximum absolute atomic E-state index is 13.1. The standard InChI is InChI=1S/C36H50O6/c1-3-5-7-9-11-13-15-20-27-39-30-25-22-26-31-32(30)33(42-35(37)29-23-18-17-19-24-29)34(36(38)41-31)40-28-21-16-14-12-10-8-6-4-2/h17-19,22-26H,3-16,20-21,27-28H2,1-2H3. The smallest absolute Gasteiger partial charge is 0.383 e. The number of hydrogen-bond donors (Lipinski definition) is 0. The average Bonchev–Trinajstić information content (AvgIpc) is 3.00. The Labute approximate surface area is 251 Å². The van der Waals surface area contributed by atoms with Gasteiger partial charge in [-0.1, -0.05) is 128 Å². The molecular formula is C36H50O6. The summed E-state index contributed by atoms with van der Waals surface area (Å²) in [5.41, 5.74) is 0.00659. The van der Waals surface area contributed by atoms with E-state index >= 15 is 0 Å². The summed E-state index contributed by atoms with van der Waals surface area (Å²) in [6.07, 6.45) is 18.8. The van der Waals surface area contributed by atoms with Crippen molar-refractivity contribution in [1.29, 1.82) is 0 Å². The molecular weight excluding hydrogens is 528 g/mol. The molecule has 0 fully saturated rings. The second-order valence-corrected chi connectivity index (χ2v) is 11.1. The quantitative estimate of drug-likeness (QED) is 0.0671. The Kier molecular flexibility index (Phi) is 15.6. The van der Waals surface area contributed by atoms with Gasteiger partial charge in [-0.2, -0.15) is 0 Å². The van der Waals surface area contributed by atoms with Gasteiger partial charge in [0.25, 0.3) is 0 Å². The maximum Gasteiger partial charge on any atom is 0.383 e. The summed E-state index contributed by atoms with van der Waals surface area (Å²) in [5.74, 6) is -0.0941. The number of unbranched alkanes of at least 4 members (excludes halogenated alkanes) is 14. The molecule has 0 bridgehead atoms. The number of carbonyl (C=O) groups excluding carboxylic acids is 1. The van der Waals surface area contributed by atoms with E-state index in [9.17, 15) is 9.59 Å². The summed E-state index contributed by atoms with van der Waals surface area (Å²) in [5, 5.41) is 0.437. The first-order chi connectivity index (χ1) is 20.7. The maximum atomic E-state index is 13.1. The second-order valence-electron chi connectivity index (χ2n) is 11.1. The lowest BCUT2D eigenvalue weighted by Gasteiger charge is -2.15. The third-order valence-electron chi connectivity index (χ3n) is 7.51. The van der Waals surface area contributed by atoms with E-state index in [4.69, 9.17) is 18.6 Å². The van der Waals surface area contributed by atoms with Crippen LogP contribution in [0, 0.1) is 0 Å². The van der Waals surface area contributed by atoms with Gasteiger partial charge in [0.1, 0.15) is 16.7 Å². The van der Waals surface area contributed by atoms with Crippen LogP contribution in [0.25, 0.3) is 11.0 Å². The molecule has 0 aliphatic carbocycles. The zero-order chi connectivity index (χ0) is 29.8. The van der Waals surface area contributed by atoms with Crippen molar-refractivity contribution < 1.29 is 23.4 Å². The lowest BCUT2D eigenvalue weighted by molar-refractivity contribution is 0.0729. The number of rotatable bonds is 22. The highest BCUT2D eigenvalue weighted by molar-refractivity contribution is 5.97. The van der Waals surface area contributed by atoms with Gasteiger partial charge < -0.3 is 18.6 Å². The molecule has 0 N–H and O–H groups in total. The molecule has 2 aromatic carbocycles. The molecule has 1 heterocycles. The zero-order valence-corrected chi connectivity index (χ0v) is 25.8. The molecule has 0 aliphatic rings. The summed E-state index contributed by atoms with van der Waals surface area (Å²) in [6.45, 7) is 5.31. The minimum Gasteiger partial charge on any atom is -0.493 e. The number of esters is 1. The highest BCUT2D eigenvalue weighted by Crippen LogP contribution is 2.39. The predicted octanol–water partition coefficient (Wildman–Crippen LogP) is 10.1. The minimum atomic E-state index is -0.668. The van der Waals surface area contributed by atoms with Gasteiger partial charge in [-0.05, 0) is 37.1 Å². The van der Waals surface area contributed by atoms with Gasteiger partial charge >= 0.3 is 11.6 Å². The van der Waals surface area contributed by atoms with Crippen LogP contribution in [0.2, 0.25) is 0 Å². The van der Waals surface area contributed by atoms with Crippen LogP contribution in [0.15, 0.2) is 57.7 Å². The number of ether oxygens (including phenoxy) is 3. The van der Waals surface area contributed by atoms with Crippen molar-refractivity contribution in [3.8, 4) is 17.2 Å². The Hall–Kier alpha value is -3.28. The van der Waals surface area contributed by atoms with Crippen LogP contribution < -0.4 is 19.8 Å². The Morgan fingerprint density at radius 2 is 1.17 bits per heavy atom. The fourth-order valence-electron chi connectivity index (χ4n) is 5.07. The molecule has 6 nitrogen and oxygen atoms in total. The number of fused-ring (bicyclic) bond motifs is 1. The third-order valence-corrected chi connectivity index (χ3v) is 7.51. The van der Waals surface area contributed by atoms with Gasteiger partial charge in [0.2, 0.25) is 5.75 Å². The first-order valence-electron chi connectivity index (χ1n) is 16.3. The number of hydrogen-bond acceptors (Lipinski definition) is 6. The van der Waals surface area contributed by atoms with Crippen LogP contribution in [0.1, 0.15) is 127 Å². The summed E-state index contributed by atoms with van der Waals surface area (Å²) in [7, 11) is 0. The molecule has 0 unspecified atom stereocenters. The lowest BCUT2D eigenvalue weighted by atomic mass is 10.1. The van der Waals surface area contributed by atoms with Gasteiger partial charge in [-0.25, -0.2) is 9.59 Å². The van der Waals surface area contributed by atoms with E-state index in [1.807, 2.05) is 12.1 Å². The fraction of sp³-hybridized carbons (Fsp3) is 0.556. The molecule has 230 valence electrons. The molecule has 0 saturated carbocycles. The van der Waals surface area contributed by atoms with Crippen LogP contribution in [-0.4, -0.2) is 19.2 Å². The minimum absolute atomic E-state index is 0.0567. The van der Waals surface area contributed by atoms with Gasteiger partial charge in [0.05, 0.1) is 18.8 Å². The molecule has 0 saturated heterocycles. The molecule has 0 amide bonds.